The van der Waals surface area contributed by atoms with Crippen LogP contribution < -0.4 is 11.1 Å². The fourth-order valence-corrected chi connectivity index (χ4v) is 5.73. The molecule has 1 aliphatic heterocycles. The summed E-state index contributed by atoms with van der Waals surface area (Å²) in [5.74, 6) is -0.305. The first-order chi connectivity index (χ1) is 17.6. The van der Waals surface area contributed by atoms with Gasteiger partial charge in [0, 0.05) is 21.6 Å². The Kier molecular flexibility index (Phi) is 5.41. The van der Waals surface area contributed by atoms with Crippen LogP contribution in [0.1, 0.15) is 18.4 Å². The molecule has 6 rings (SSSR count). The second kappa shape index (κ2) is 8.44. The van der Waals surface area contributed by atoms with Crippen molar-refractivity contribution in [3.05, 3.63) is 58.8 Å². The smallest absolute Gasteiger partial charge is 0.383 e. The van der Waals surface area contributed by atoms with E-state index in [9.17, 15) is 22.8 Å². The first-order valence-electron chi connectivity index (χ1n) is 11.6. The molecule has 0 radical (unpaired) electrons. The number of benzene rings is 2. The maximum Gasteiger partial charge on any atom is 0.416 e. The van der Waals surface area contributed by atoms with Crippen LogP contribution in [0.25, 0.3) is 21.9 Å². The highest BCUT2D eigenvalue weighted by Gasteiger charge is 2.56. The molecule has 2 aromatic carbocycles. The van der Waals surface area contributed by atoms with Gasteiger partial charge in [-0.3, -0.25) is 9.59 Å². The van der Waals surface area contributed by atoms with Gasteiger partial charge in [0.15, 0.2) is 0 Å². The average Bonchev–Trinajstić information content (AvgIpc) is 3.38. The van der Waals surface area contributed by atoms with E-state index in [-0.39, 0.29) is 52.6 Å². The molecular weight excluding hydrogens is 553 g/mol. The summed E-state index contributed by atoms with van der Waals surface area (Å²) in [5.41, 5.74) is 6.44. The molecule has 2 fully saturated rings. The molecule has 2 aliphatic rings. The molecule has 4 aromatic rings. The fourth-order valence-electron chi connectivity index (χ4n) is 5.33. The zero-order valence-corrected chi connectivity index (χ0v) is 20.8. The van der Waals surface area contributed by atoms with Crippen LogP contribution in [0.2, 0.25) is 0 Å². The molecule has 37 heavy (non-hydrogen) atoms. The van der Waals surface area contributed by atoms with E-state index in [1.54, 1.807) is 27.7 Å². The van der Waals surface area contributed by atoms with Crippen LogP contribution >= 0.6 is 15.9 Å². The number of nitrogens with two attached hydrogens (primary N) is 1. The van der Waals surface area contributed by atoms with Crippen molar-refractivity contribution in [2.75, 3.05) is 11.1 Å². The standard InChI is InChI=1S/C25H20BrF3N6O2/c26-14-2-1-3-15(9-14)33-24(37)19-7-12-6-18(12)35(19)20(36)10-34-17-5-4-13(25(27,28)29)8-16(17)21-22(30)31-11-32-23(21)34/h1-5,8-9,11-12,18-19H,6-7,10H2,(H,33,37)(H2,30,31,32)/t12-,18-,19+/m1/s1. The van der Waals surface area contributed by atoms with E-state index in [4.69, 9.17) is 5.73 Å². The lowest BCUT2D eigenvalue weighted by atomic mass is 10.1. The number of carbonyl (C=O) groups is 2. The van der Waals surface area contributed by atoms with Gasteiger partial charge in [-0.15, -0.1) is 0 Å². The van der Waals surface area contributed by atoms with Gasteiger partial charge in [0.25, 0.3) is 0 Å². The van der Waals surface area contributed by atoms with Gasteiger partial charge in [-0.05, 0) is 55.2 Å². The van der Waals surface area contributed by atoms with Crippen LogP contribution in [0.4, 0.5) is 24.7 Å². The largest absolute Gasteiger partial charge is 0.416 e. The first kappa shape index (κ1) is 23.7. The molecule has 8 nitrogen and oxygen atoms in total. The molecule has 0 spiro atoms. The predicted molar refractivity (Wildman–Crippen MR) is 134 cm³/mol. The SMILES string of the molecule is Nc1ncnc2c1c1cc(C(F)(F)F)ccc1n2CC(=O)N1[C@@H]2C[C@@H]2C[C@H]1C(=O)Nc1cccc(Br)c1. The number of alkyl halides is 3. The third kappa shape index (κ3) is 4.08. The van der Waals surface area contributed by atoms with Crippen LogP contribution in [0.5, 0.6) is 0 Å². The maximum absolute atomic E-state index is 13.6. The van der Waals surface area contributed by atoms with Gasteiger partial charge in [0.2, 0.25) is 11.8 Å². The molecule has 1 aliphatic carbocycles. The molecule has 0 bridgehead atoms. The molecule has 2 aromatic heterocycles. The van der Waals surface area contributed by atoms with E-state index in [1.807, 2.05) is 6.07 Å². The molecule has 12 heteroatoms. The Labute approximate surface area is 216 Å². The van der Waals surface area contributed by atoms with Crippen molar-refractivity contribution in [1.29, 1.82) is 0 Å². The van der Waals surface area contributed by atoms with Crippen molar-refractivity contribution in [3.8, 4) is 0 Å². The summed E-state index contributed by atoms with van der Waals surface area (Å²) < 4.78 is 42.6. The number of likely N-dealkylation sites (tertiary alicyclic amines) is 1. The Bertz CT molecular complexity index is 1590. The molecule has 3 N–H and O–H groups in total. The van der Waals surface area contributed by atoms with Crippen molar-refractivity contribution in [3.63, 3.8) is 0 Å². The summed E-state index contributed by atoms with van der Waals surface area (Å²) >= 11 is 3.38. The Morgan fingerprint density at radius 1 is 1.14 bits per heavy atom. The highest BCUT2D eigenvalue weighted by Crippen LogP contribution is 2.48. The number of nitrogens with zero attached hydrogens (tertiary/aromatic N) is 4. The lowest BCUT2D eigenvalue weighted by Gasteiger charge is -2.27. The highest BCUT2D eigenvalue weighted by atomic mass is 79.9. The average molecular weight is 573 g/mol. The Hall–Kier alpha value is -3.67. The number of halogens is 4. The molecule has 2 amide bonds. The lowest BCUT2D eigenvalue weighted by molar-refractivity contribution is -0.138. The molecule has 1 saturated carbocycles. The summed E-state index contributed by atoms with van der Waals surface area (Å²) in [6, 6.07) is 9.79. The van der Waals surface area contributed by atoms with Crippen LogP contribution in [0.15, 0.2) is 53.3 Å². The van der Waals surface area contributed by atoms with E-state index in [1.165, 1.54) is 12.4 Å². The van der Waals surface area contributed by atoms with Gasteiger partial charge in [-0.1, -0.05) is 22.0 Å². The van der Waals surface area contributed by atoms with Crippen molar-refractivity contribution >= 4 is 61.2 Å². The predicted octanol–water partition coefficient (Wildman–Crippen LogP) is 4.58. The topological polar surface area (TPSA) is 106 Å². The van der Waals surface area contributed by atoms with Crippen molar-refractivity contribution in [1.82, 2.24) is 19.4 Å². The third-order valence-corrected chi connectivity index (χ3v) is 7.57. The van der Waals surface area contributed by atoms with Gasteiger partial charge in [0.1, 0.15) is 30.4 Å². The number of amides is 2. The number of rotatable bonds is 4. The number of nitrogen functional groups attached to an aromatic ring is 1. The minimum absolute atomic E-state index is 0.0234. The van der Waals surface area contributed by atoms with Crippen LogP contribution in [0.3, 0.4) is 0 Å². The number of carbonyl (C=O) groups excluding carboxylic acids is 2. The molecule has 0 unspecified atom stereocenters. The second-order valence-corrected chi connectivity index (χ2v) is 10.3. The van der Waals surface area contributed by atoms with Gasteiger partial charge in [-0.2, -0.15) is 13.2 Å². The van der Waals surface area contributed by atoms with Crippen LogP contribution in [-0.2, 0) is 22.3 Å². The minimum Gasteiger partial charge on any atom is -0.383 e. The van der Waals surface area contributed by atoms with Crippen molar-refractivity contribution < 1.29 is 22.8 Å². The number of hydrogen-bond donors (Lipinski definition) is 2. The third-order valence-electron chi connectivity index (χ3n) is 7.08. The zero-order chi connectivity index (χ0) is 26.1. The van der Waals surface area contributed by atoms with Crippen molar-refractivity contribution in [2.24, 2.45) is 5.92 Å². The van der Waals surface area contributed by atoms with E-state index in [0.29, 0.717) is 17.6 Å². The maximum atomic E-state index is 13.6. The highest BCUT2D eigenvalue weighted by molar-refractivity contribution is 9.10. The number of piperidine rings is 1. The molecule has 3 atom stereocenters. The Balaban J connectivity index is 1.34. The quantitative estimate of drug-likeness (QED) is 0.372. The van der Waals surface area contributed by atoms with Crippen LogP contribution in [-0.4, -0.2) is 43.3 Å². The number of nitrogens with one attached hydrogen (secondary N) is 1. The van der Waals surface area contributed by atoms with Gasteiger partial charge in [-0.25, -0.2) is 9.97 Å². The summed E-state index contributed by atoms with van der Waals surface area (Å²) in [6.45, 7) is -0.203. The number of fused-ring (bicyclic) bond motifs is 4. The van der Waals surface area contributed by atoms with Gasteiger partial charge >= 0.3 is 6.18 Å². The second-order valence-electron chi connectivity index (χ2n) is 9.39. The summed E-state index contributed by atoms with van der Waals surface area (Å²) in [5, 5.41) is 3.35. The Morgan fingerprint density at radius 2 is 1.95 bits per heavy atom. The number of anilines is 2. The first-order valence-corrected chi connectivity index (χ1v) is 12.4. The molecular formula is C25H20BrF3N6O2. The van der Waals surface area contributed by atoms with E-state index in [2.05, 4.69) is 31.2 Å². The van der Waals surface area contributed by atoms with E-state index < -0.39 is 17.8 Å². The molecule has 190 valence electrons. The number of hydrogen-bond acceptors (Lipinski definition) is 5. The molecule has 1 saturated heterocycles. The number of aromatic nitrogens is 3. The van der Waals surface area contributed by atoms with Gasteiger partial charge < -0.3 is 20.5 Å². The summed E-state index contributed by atoms with van der Waals surface area (Å²) in [6.07, 6.45) is -1.95. The molecule has 3 heterocycles. The van der Waals surface area contributed by atoms with Crippen LogP contribution in [0, 0.1) is 5.92 Å². The Morgan fingerprint density at radius 3 is 2.70 bits per heavy atom. The monoisotopic (exact) mass is 572 g/mol. The lowest BCUT2D eigenvalue weighted by Crippen LogP contribution is -2.46. The van der Waals surface area contributed by atoms with Gasteiger partial charge in [0.05, 0.1) is 16.5 Å². The summed E-state index contributed by atoms with van der Waals surface area (Å²) in [4.78, 5) is 36.6. The normalized spacial score (nSPS) is 20.9. The van der Waals surface area contributed by atoms with E-state index >= 15 is 0 Å². The van der Waals surface area contributed by atoms with Crippen molar-refractivity contribution in [2.45, 2.75) is 37.6 Å². The van der Waals surface area contributed by atoms with E-state index in [0.717, 1.165) is 23.0 Å². The fraction of sp³-hybridized carbons (Fsp3) is 0.280. The zero-order valence-electron chi connectivity index (χ0n) is 19.2. The minimum atomic E-state index is -4.55. The summed E-state index contributed by atoms with van der Waals surface area (Å²) in [7, 11) is 0.